The first kappa shape index (κ1) is 19.2. The lowest BCUT2D eigenvalue weighted by Gasteiger charge is -2.34. The third-order valence-corrected chi connectivity index (χ3v) is 6.04. The smallest absolute Gasteiger partial charge is 0.133 e. The van der Waals surface area contributed by atoms with Gasteiger partial charge in [-0.1, -0.05) is 37.3 Å². The normalized spacial score (nSPS) is 32.8. The molecular weight excluding hydrogens is 292 g/mol. The molecule has 0 spiro atoms. The van der Waals surface area contributed by atoms with Gasteiger partial charge >= 0.3 is 0 Å². The minimum atomic E-state index is 0.330. The number of Topliss-reactive ketones (excluding diaryl/α,β-unsaturated/α-hetero) is 1. The lowest BCUT2D eigenvalue weighted by molar-refractivity contribution is -0.123. The second kappa shape index (κ2) is 10.0. The molecule has 2 unspecified atom stereocenters. The Morgan fingerprint density at radius 2 is 1.92 bits per heavy atom. The molecule has 3 aliphatic rings. The van der Waals surface area contributed by atoms with Crippen molar-refractivity contribution in [1.82, 2.24) is 0 Å². The van der Waals surface area contributed by atoms with Gasteiger partial charge in [0.1, 0.15) is 5.78 Å². The summed E-state index contributed by atoms with van der Waals surface area (Å²) >= 11 is 0. The van der Waals surface area contributed by atoms with Crippen LogP contribution in [0.2, 0.25) is 0 Å². The first-order chi connectivity index (χ1) is 11.6. The van der Waals surface area contributed by atoms with Crippen molar-refractivity contribution in [2.75, 3.05) is 0 Å². The van der Waals surface area contributed by atoms with E-state index in [1.54, 1.807) is 0 Å². The second-order valence-electron chi connectivity index (χ2n) is 8.35. The molecule has 3 atom stereocenters. The lowest BCUT2D eigenvalue weighted by atomic mass is 9.70. The molecule has 0 bridgehead atoms. The molecule has 24 heavy (non-hydrogen) atoms. The van der Waals surface area contributed by atoms with Crippen molar-refractivity contribution in [1.29, 1.82) is 0 Å². The minimum absolute atomic E-state index is 0.330. The molecule has 1 saturated carbocycles. The zero-order valence-electron chi connectivity index (χ0n) is 15.6. The monoisotopic (exact) mass is 328 g/mol. The molecule has 0 aromatic rings. The van der Waals surface area contributed by atoms with Gasteiger partial charge in [0, 0.05) is 12.8 Å². The summed E-state index contributed by atoms with van der Waals surface area (Å²) in [6, 6.07) is 0. The molecule has 1 nitrogen and oxygen atoms in total. The van der Waals surface area contributed by atoms with E-state index in [0.29, 0.717) is 11.2 Å². The van der Waals surface area contributed by atoms with E-state index in [1.807, 2.05) is 0 Å². The molecule has 3 aliphatic carbocycles. The van der Waals surface area contributed by atoms with Crippen LogP contribution in [0.15, 0.2) is 37.0 Å². The fraction of sp³-hybridized carbons (Fsp3) is 0.696. The van der Waals surface area contributed by atoms with Crippen molar-refractivity contribution >= 4 is 5.78 Å². The van der Waals surface area contributed by atoms with Crippen LogP contribution in [-0.2, 0) is 4.79 Å². The van der Waals surface area contributed by atoms with Gasteiger partial charge in [-0.15, -0.1) is 6.58 Å². The summed E-state index contributed by atoms with van der Waals surface area (Å²) in [7, 11) is 0. The zero-order chi connectivity index (χ0) is 17.3. The maximum atomic E-state index is 11.5. The van der Waals surface area contributed by atoms with E-state index in [9.17, 15) is 4.79 Å². The average molecular weight is 329 g/mol. The molecule has 0 heterocycles. The summed E-state index contributed by atoms with van der Waals surface area (Å²) in [5.41, 5.74) is 0.330. The van der Waals surface area contributed by atoms with E-state index >= 15 is 0 Å². The van der Waals surface area contributed by atoms with Crippen LogP contribution in [0, 0.1) is 17.3 Å². The van der Waals surface area contributed by atoms with Gasteiger partial charge in [-0.25, -0.2) is 0 Å². The van der Waals surface area contributed by atoms with Crippen LogP contribution in [0.25, 0.3) is 0 Å². The summed E-state index contributed by atoms with van der Waals surface area (Å²) < 4.78 is 0. The Morgan fingerprint density at radius 1 is 1.17 bits per heavy atom. The highest BCUT2D eigenvalue weighted by molar-refractivity contribution is 5.79. The molecule has 0 amide bonds. The van der Waals surface area contributed by atoms with Crippen molar-refractivity contribution in [2.24, 2.45) is 17.3 Å². The Kier molecular flexibility index (Phi) is 8.02. The number of hydrogen-bond acceptors (Lipinski definition) is 1. The summed E-state index contributed by atoms with van der Waals surface area (Å²) in [5, 5.41) is 0. The first-order valence-corrected chi connectivity index (χ1v) is 10.1. The van der Waals surface area contributed by atoms with Gasteiger partial charge in [0.2, 0.25) is 0 Å². The molecule has 0 radical (unpaired) electrons. The van der Waals surface area contributed by atoms with Gasteiger partial charge in [-0.3, -0.25) is 4.79 Å². The fourth-order valence-corrected chi connectivity index (χ4v) is 4.28. The molecule has 0 N–H and O–H groups in total. The molecule has 1 fully saturated rings. The van der Waals surface area contributed by atoms with E-state index in [4.69, 9.17) is 0 Å². The van der Waals surface area contributed by atoms with Crippen LogP contribution in [0.3, 0.4) is 0 Å². The van der Waals surface area contributed by atoms with Crippen LogP contribution in [0.4, 0.5) is 0 Å². The Hall–Kier alpha value is -1.11. The maximum Gasteiger partial charge on any atom is 0.133 e. The van der Waals surface area contributed by atoms with Crippen molar-refractivity contribution in [3.05, 3.63) is 37.0 Å². The number of allylic oxidation sites excluding steroid dienone is 5. The Labute approximate surface area is 149 Å². The Morgan fingerprint density at radius 3 is 2.46 bits per heavy atom. The third-order valence-electron chi connectivity index (χ3n) is 6.04. The Balaban J connectivity index is 0.000000219. The predicted octanol–water partition coefficient (Wildman–Crippen LogP) is 6.80. The third kappa shape index (κ3) is 6.79. The summed E-state index contributed by atoms with van der Waals surface area (Å²) in [6.07, 6.45) is 25.5. The maximum absolute atomic E-state index is 11.5. The summed E-state index contributed by atoms with van der Waals surface area (Å²) in [4.78, 5) is 11.5. The number of carbonyl (C=O) groups is 1. The van der Waals surface area contributed by atoms with Gasteiger partial charge < -0.3 is 0 Å². The highest BCUT2D eigenvalue weighted by Crippen LogP contribution is 2.40. The number of carbonyl (C=O) groups excluding carboxylic acids is 1. The van der Waals surface area contributed by atoms with Crippen molar-refractivity contribution in [3.8, 4) is 0 Å². The lowest BCUT2D eigenvalue weighted by Crippen LogP contribution is -2.26. The molecule has 3 rings (SSSR count). The van der Waals surface area contributed by atoms with Gasteiger partial charge in [-0.2, -0.15) is 0 Å². The average Bonchev–Trinajstić information content (AvgIpc) is 2.62. The molecule has 0 aromatic heterocycles. The van der Waals surface area contributed by atoms with Crippen molar-refractivity contribution in [2.45, 2.75) is 84.0 Å². The van der Waals surface area contributed by atoms with E-state index in [0.717, 1.165) is 31.1 Å². The van der Waals surface area contributed by atoms with E-state index in [-0.39, 0.29) is 0 Å². The fourth-order valence-electron chi connectivity index (χ4n) is 4.28. The minimum Gasteiger partial charge on any atom is -0.300 e. The first-order valence-electron chi connectivity index (χ1n) is 10.1. The molecular formula is C23H36O. The number of rotatable bonds is 4. The SMILES string of the molecule is C=CC1CC=CCC1.C[C@@]1(CCC2CC=CCC2)CCCC(=O)C1. The Bertz CT molecular complexity index is 459. The van der Waals surface area contributed by atoms with Gasteiger partial charge in [0.15, 0.2) is 0 Å². The van der Waals surface area contributed by atoms with Crippen molar-refractivity contribution < 1.29 is 4.79 Å². The van der Waals surface area contributed by atoms with Crippen LogP contribution >= 0.6 is 0 Å². The van der Waals surface area contributed by atoms with Gasteiger partial charge in [0.25, 0.3) is 0 Å². The van der Waals surface area contributed by atoms with E-state index in [2.05, 4.69) is 43.9 Å². The largest absolute Gasteiger partial charge is 0.300 e. The highest BCUT2D eigenvalue weighted by atomic mass is 16.1. The molecule has 134 valence electrons. The summed E-state index contributed by atoms with van der Waals surface area (Å²) in [5.74, 6) is 2.15. The van der Waals surface area contributed by atoms with Crippen molar-refractivity contribution in [3.63, 3.8) is 0 Å². The van der Waals surface area contributed by atoms with E-state index < -0.39 is 0 Å². The molecule has 1 heteroatoms. The van der Waals surface area contributed by atoms with Crippen LogP contribution in [0.1, 0.15) is 84.0 Å². The summed E-state index contributed by atoms with van der Waals surface area (Å²) in [6.45, 7) is 6.07. The number of ketones is 1. The molecule has 0 saturated heterocycles. The number of hydrogen-bond donors (Lipinski definition) is 0. The van der Waals surface area contributed by atoms with Crippen LogP contribution in [0.5, 0.6) is 0 Å². The van der Waals surface area contributed by atoms with Gasteiger partial charge in [0.05, 0.1) is 0 Å². The van der Waals surface area contributed by atoms with Gasteiger partial charge in [-0.05, 0) is 81.5 Å². The predicted molar refractivity (Wildman–Crippen MR) is 104 cm³/mol. The topological polar surface area (TPSA) is 17.1 Å². The quantitative estimate of drug-likeness (QED) is 0.518. The van der Waals surface area contributed by atoms with E-state index in [1.165, 1.54) is 57.8 Å². The molecule has 0 aliphatic heterocycles. The van der Waals surface area contributed by atoms with Crippen LogP contribution in [-0.4, -0.2) is 5.78 Å². The standard InChI is InChI=1S/C15H24O.C8H12/c1-15(10-5-8-14(16)12-15)11-9-13-6-3-2-4-7-13;1-2-8-6-4-3-5-7-8/h2-3,13H,4-12H2,1H3;2-4,8H,1,5-7H2/t13?,15-;/m0./s1. The molecule has 0 aromatic carbocycles. The highest BCUT2D eigenvalue weighted by Gasteiger charge is 2.31. The zero-order valence-corrected chi connectivity index (χ0v) is 15.6. The van der Waals surface area contributed by atoms with Crippen LogP contribution < -0.4 is 0 Å². The second-order valence-corrected chi connectivity index (χ2v) is 8.35.